The normalized spacial score (nSPS) is 12.1. The number of hydrogen-bond acceptors (Lipinski definition) is 4. The van der Waals surface area contributed by atoms with Gasteiger partial charge in [-0.3, -0.25) is 4.79 Å². The molecule has 1 atom stereocenters. The van der Waals surface area contributed by atoms with Crippen molar-refractivity contribution in [3.05, 3.63) is 29.8 Å². The minimum Gasteiger partial charge on any atom is -0.494 e. The molecule has 3 N–H and O–H groups in total. The lowest BCUT2D eigenvalue weighted by Crippen LogP contribution is -2.32. The van der Waals surface area contributed by atoms with E-state index in [-0.39, 0.29) is 0 Å². The Morgan fingerprint density at radius 2 is 2.00 bits per heavy atom. The van der Waals surface area contributed by atoms with Gasteiger partial charge < -0.3 is 20.3 Å². The molecule has 0 heterocycles. The van der Waals surface area contributed by atoms with Gasteiger partial charge in [-0.25, -0.2) is 0 Å². The zero-order valence-corrected chi connectivity index (χ0v) is 10.5. The van der Waals surface area contributed by atoms with Gasteiger partial charge in [-0.05, 0) is 24.1 Å². The molecule has 1 rings (SSSR count). The molecule has 0 bridgehead atoms. The van der Waals surface area contributed by atoms with Gasteiger partial charge in [0.1, 0.15) is 11.8 Å². The molecule has 0 saturated carbocycles. The van der Waals surface area contributed by atoms with Crippen LogP contribution in [0.5, 0.6) is 5.75 Å². The average molecular weight is 253 g/mol. The molecule has 5 nitrogen and oxygen atoms in total. The Hall–Kier alpha value is -1.59. The van der Waals surface area contributed by atoms with Crippen molar-refractivity contribution < 1.29 is 19.4 Å². The Kier molecular flexibility index (Phi) is 6.18. The lowest BCUT2D eigenvalue weighted by molar-refractivity contribution is -0.138. The number of methoxy groups -OCH3 is 1. The molecule has 0 aliphatic heterocycles. The number of carboxylic acids is 1. The van der Waals surface area contributed by atoms with E-state index in [1.807, 2.05) is 24.3 Å². The molecule has 5 heteroatoms. The van der Waals surface area contributed by atoms with Gasteiger partial charge in [0.2, 0.25) is 0 Å². The second-order valence-electron chi connectivity index (χ2n) is 3.99. The summed E-state index contributed by atoms with van der Waals surface area (Å²) in [5.74, 6) is -0.228. The van der Waals surface area contributed by atoms with Crippen LogP contribution in [0.3, 0.4) is 0 Å². The number of aliphatic carboxylic acids is 1. The lowest BCUT2D eigenvalue weighted by atomic mass is 10.1. The summed E-state index contributed by atoms with van der Waals surface area (Å²) in [7, 11) is 1.65. The van der Waals surface area contributed by atoms with Gasteiger partial charge in [0.05, 0.1) is 6.61 Å². The Morgan fingerprint density at radius 3 is 2.56 bits per heavy atom. The van der Waals surface area contributed by atoms with Gasteiger partial charge in [0.25, 0.3) is 0 Å². The van der Waals surface area contributed by atoms with E-state index in [2.05, 4.69) is 0 Å². The summed E-state index contributed by atoms with van der Waals surface area (Å²) in [6.45, 7) is 1.27. The highest BCUT2D eigenvalue weighted by Gasteiger charge is 2.11. The van der Waals surface area contributed by atoms with E-state index in [9.17, 15) is 4.79 Å². The third-order valence-corrected chi connectivity index (χ3v) is 2.46. The molecular weight excluding hydrogens is 234 g/mol. The van der Waals surface area contributed by atoms with Crippen LogP contribution in [0.15, 0.2) is 24.3 Å². The molecule has 100 valence electrons. The number of nitrogens with two attached hydrogens (primary N) is 1. The quantitative estimate of drug-likeness (QED) is 0.677. The van der Waals surface area contributed by atoms with Crippen LogP contribution < -0.4 is 10.5 Å². The SMILES string of the molecule is COCCCOc1ccc(CC(N)C(=O)O)cc1. The van der Waals surface area contributed by atoms with E-state index >= 15 is 0 Å². The van der Waals surface area contributed by atoms with Gasteiger partial charge in [0, 0.05) is 20.1 Å². The first kappa shape index (κ1) is 14.5. The van der Waals surface area contributed by atoms with Crippen LogP contribution in [-0.2, 0) is 16.0 Å². The van der Waals surface area contributed by atoms with E-state index in [0.717, 1.165) is 17.7 Å². The first-order valence-corrected chi connectivity index (χ1v) is 5.82. The molecule has 0 radical (unpaired) electrons. The molecule has 0 aliphatic rings. The highest BCUT2D eigenvalue weighted by Crippen LogP contribution is 2.13. The minimum absolute atomic E-state index is 0.319. The molecule has 0 amide bonds. The summed E-state index contributed by atoms with van der Waals surface area (Å²) < 4.78 is 10.4. The van der Waals surface area contributed by atoms with Gasteiger partial charge in [-0.15, -0.1) is 0 Å². The maximum atomic E-state index is 10.6. The highest BCUT2D eigenvalue weighted by molar-refractivity contribution is 5.73. The van der Waals surface area contributed by atoms with Crippen molar-refractivity contribution in [3.8, 4) is 5.75 Å². The fourth-order valence-corrected chi connectivity index (χ4v) is 1.46. The Bertz CT molecular complexity index is 364. The fourth-order valence-electron chi connectivity index (χ4n) is 1.46. The van der Waals surface area contributed by atoms with Crippen LogP contribution in [0.4, 0.5) is 0 Å². The van der Waals surface area contributed by atoms with Crippen molar-refractivity contribution >= 4 is 5.97 Å². The average Bonchev–Trinajstić information content (AvgIpc) is 2.36. The number of carbonyl (C=O) groups is 1. The van der Waals surface area contributed by atoms with Gasteiger partial charge in [-0.2, -0.15) is 0 Å². The fraction of sp³-hybridized carbons (Fsp3) is 0.462. The third kappa shape index (κ3) is 5.16. The monoisotopic (exact) mass is 253 g/mol. The standard InChI is InChI=1S/C13H19NO4/c1-17-7-2-8-18-11-5-3-10(4-6-11)9-12(14)13(15)16/h3-6,12H,2,7-9,14H2,1H3,(H,15,16). The molecule has 0 spiro atoms. The molecule has 1 aromatic rings. The maximum absolute atomic E-state index is 10.6. The van der Waals surface area contributed by atoms with Crippen molar-refractivity contribution in [2.75, 3.05) is 20.3 Å². The number of benzene rings is 1. The molecule has 0 fully saturated rings. The smallest absolute Gasteiger partial charge is 0.320 e. The zero-order chi connectivity index (χ0) is 13.4. The third-order valence-electron chi connectivity index (χ3n) is 2.46. The van der Waals surface area contributed by atoms with Crippen molar-refractivity contribution in [2.24, 2.45) is 5.73 Å². The van der Waals surface area contributed by atoms with Crippen molar-refractivity contribution in [1.82, 2.24) is 0 Å². The number of ether oxygens (including phenoxy) is 2. The summed E-state index contributed by atoms with van der Waals surface area (Å²) in [5.41, 5.74) is 6.34. The molecular formula is C13H19NO4. The van der Waals surface area contributed by atoms with Gasteiger partial charge in [-0.1, -0.05) is 12.1 Å². The first-order chi connectivity index (χ1) is 8.63. The highest BCUT2D eigenvalue weighted by atomic mass is 16.5. The van der Waals surface area contributed by atoms with E-state index < -0.39 is 12.0 Å². The summed E-state index contributed by atoms with van der Waals surface area (Å²) in [6.07, 6.45) is 1.15. The second kappa shape index (κ2) is 7.68. The van der Waals surface area contributed by atoms with Crippen LogP contribution in [0.25, 0.3) is 0 Å². The lowest BCUT2D eigenvalue weighted by Gasteiger charge is -2.08. The van der Waals surface area contributed by atoms with Crippen molar-refractivity contribution in [1.29, 1.82) is 0 Å². The summed E-state index contributed by atoms with van der Waals surface area (Å²) >= 11 is 0. The van der Waals surface area contributed by atoms with E-state index in [1.165, 1.54) is 0 Å². The van der Waals surface area contributed by atoms with Crippen LogP contribution in [-0.4, -0.2) is 37.4 Å². The Morgan fingerprint density at radius 1 is 1.33 bits per heavy atom. The predicted octanol–water partition coefficient (Wildman–Crippen LogP) is 1.06. The largest absolute Gasteiger partial charge is 0.494 e. The summed E-state index contributed by atoms with van der Waals surface area (Å²) in [6, 6.07) is 6.43. The molecule has 0 aliphatic carbocycles. The first-order valence-electron chi connectivity index (χ1n) is 5.82. The Labute approximate surface area is 107 Å². The van der Waals surface area contributed by atoms with Crippen LogP contribution >= 0.6 is 0 Å². The van der Waals surface area contributed by atoms with E-state index in [0.29, 0.717) is 19.6 Å². The second-order valence-corrected chi connectivity index (χ2v) is 3.99. The summed E-state index contributed by atoms with van der Waals surface area (Å²) in [4.78, 5) is 10.6. The Balaban J connectivity index is 2.40. The topological polar surface area (TPSA) is 81.8 Å². The van der Waals surface area contributed by atoms with Gasteiger partial charge in [0.15, 0.2) is 0 Å². The number of hydrogen-bond donors (Lipinski definition) is 2. The van der Waals surface area contributed by atoms with Crippen molar-refractivity contribution in [3.63, 3.8) is 0 Å². The van der Waals surface area contributed by atoms with Crippen molar-refractivity contribution in [2.45, 2.75) is 18.9 Å². The maximum Gasteiger partial charge on any atom is 0.320 e. The molecule has 1 aromatic carbocycles. The van der Waals surface area contributed by atoms with Crippen LogP contribution in [0, 0.1) is 0 Å². The van der Waals surface area contributed by atoms with E-state index in [4.69, 9.17) is 20.3 Å². The molecule has 0 saturated heterocycles. The minimum atomic E-state index is -0.991. The zero-order valence-electron chi connectivity index (χ0n) is 10.5. The number of rotatable bonds is 8. The van der Waals surface area contributed by atoms with E-state index in [1.54, 1.807) is 7.11 Å². The van der Waals surface area contributed by atoms with Gasteiger partial charge >= 0.3 is 5.97 Å². The predicted molar refractivity (Wildman–Crippen MR) is 67.7 cm³/mol. The summed E-state index contributed by atoms with van der Waals surface area (Å²) in [5, 5.41) is 8.70. The van der Waals surface area contributed by atoms with Crippen LogP contribution in [0.2, 0.25) is 0 Å². The molecule has 0 aromatic heterocycles. The number of carboxylic acid groups (broad SMARTS) is 1. The molecule has 18 heavy (non-hydrogen) atoms. The molecule has 1 unspecified atom stereocenters. The van der Waals surface area contributed by atoms with Crippen LogP contribution in [0.1, 0.15) is 12.0 Å².